The summed E-state index contributed by atoms with van der Waals surface area (Å²) in [5, 5.41) is 3.47. The predicted octanol–water partition coefficient (Wildman–Crippen LogP) is 3.48. The summed E-state index contributed by atoms with van der Waals surface area (Å²) >= 11 is -0.0712. The second-order valence-corrected chi connectivity index (χ2v) is 6.31. The SMILES string of the molecule is CN1CCCC(NCc2ccc(SC(F)(F)F)cc2)C1. The Labute approximate surface area is 121 Å². The largest absolute Gasteiger partial charge is 0.446 e. The fourth-order valence-corrected chi connectivity index (χ4v) is 2.94. The third-order valence-corrected chi connectivity index (χ3v) is 4.12. The molecule has 1 fully saturated rings. The van der Waals surface area contributed by atoms with Crippen LogP contribution in [0.2, 0.25) is 0 Å². The van der Waals surface area contributed by atoms with Crippen molar-refractivity contribution in [2.75, 3.05) is 20.1 Å². The van der Waals surface area contributed by atoms with Crippen molar-refractivity contribution in [1.82, 2.24) is 10.2 Å². The van der Waals surface area contributed by atoms with Gasteiger partial charge in [0.2, 0.25) is 0 Å². The lowest BCUT2D eigenvalue weighted by atomic mass is 10.1. The normalized spacial score (nSPS) is 21.1. The van der Waals surface area contributed by atoms with Gasteiger partial charge in [-0.1, -0.05) is 12.1 Å². The van der Waals surface area contributed by atoms with Crippen molar-refractivity contribution < 1.29 is 13.2 Å². The van der Waals surface area contributed by atoms with Crippen LogP contribution in [0, 0.1) is 0 Å². The molecule has 0 saturated carbocycles. The van der Waals surface area contributed by atoms with Crippen LogP contribution in [0.3, 0.4) is 0 Å². The van der Waals surface area contributed by atoms with Gasteiger partial charge in [-0.15, -0.1) is 0 Å². The highest BCUT2D eigenvalue weighted by atomic mass is 32.2. The summed E-state index contributed by atoms with van der Waals surface area (Å²) in [4.78, 5) is 2.53. The molecule has 0 radical (unpaired) electrons. The van der Waals surface area contributed by atoms with Crippen LogP contribution in [0.4, 0.5) is 13.2 Å². The summed E-state index contributed by atoms with van der Waals surface area (Å²) in [5.41, 5.74) is -3.20. The first-order valence-electron chi connectivity index (χ1n) is 6.69. The average Bonchev–Trinajstić information content (AvgIpc) is 2.36. The van der Waals surface area contributed by atoms with E-state index in [2.05, 4.69) is 17.3 Å². The topological polar surface area (TPSA) is 15.3 Å². The third-order valence-electron chi connectivity index (χ3n) is 3.38. The van der Waals surface area contributed by atoms with Crippen LogP contribution in [0.5, 0.6) is 0 Å². The smallest absolute Gasteiger partial charge is 0.309 e. The fraction of sp³-hybridized carbons (Fsp3) is 0.571. The van der Waals surface area contributed by atoms with Crippen molar-refractivity contribution in [2.24, 2.45) is 0 Å². The number of hydrogen-bond acceptors (Lipinski definition) is 3. The Hall–Kier alpha value is -0.720. The molecular weight excluding hydrogens is 285 g/mol. The number of piperidine rings is 1. The van der Waals surface area contributed by atoms with E-state index in [0.29, 0.717) is 12.6 Å². The summed E-state index contributed by atoms with van der Waals surface area (Å²) in [6, 6.07) is 7.05. The van der Waals surface area contributed by atoms with Crippen LogP contribution in [-0.2, 0) is 6.54 Å². The Balaban J connectivity index is 1.81. The molecule has 1 aromatic rings. The number of thioether (sulfide) groups is 1. The molecule has 1 atom stereocenters. The summed E-state index contributed by atoms with van der Waals surface area (Å²) in [7, 11) is 2.11. The Morgan fingerprint density at radius 3 is 2.60 bits per heavy atom. The molecule has 0 bridgehead atoms. The van der Waals surface area contributed by atoms with Gasteiger partial charge >= 0.3 is 5.51 Å². The van der Waals surface area contributed by atoms with Gasteiger partial charge in [0.25, 0.3) is 0 Å². The molecule has 6 heteroatoms. The zero-order valence-electron chi connectivity index (χ0n) is 11.4. The van der Waals surface area contributed by atoms with Gasteiger partial charge in [0.1, 0.15) is 0 Å². The number of rotatable bonds is 4. The van der Waals surface area contributed by atoms with Gasteiger partial charge in [-0.3, -0.25) is 0 Å². The number of hydrogen-bond donors (Lipinski definition) is 1. The van der Waals surface area contributed by atoms with Crippen molar-refractivity contribution in [3.8, 4) is 0 Å². The minimum absolute atomic E-state index is 0.0712. The molecule has 1 heterocycles. The number of halogens is 3. The summed E-state index contributed by atoms with van der Waals surface area (Å²) in [6.07, 6.45) is 2.35. The van der Waals surface area contributed by atoms with Crippen LogP contribution in [-0.4, -0.2) is 36.6 Å². The summed E-state index contributed by atoms with van der Waals surface area (Å²) in [6.45, 7) is 2.87. The van der Waals surface area contributed by atoms with Gasteiger partial charge in [-0.2, -0.15) is 13.2 Å². The number of benzene rings is 1. The lowest BCUT2D eigenvalue weighted by molar-refractivity contribution is -0.0328. The second-order valence-electron chi connectivity index (χ2n) is 5.17. The molecule has 0 amide bonds. The first-order chi connectivity index (χ1) is 9.42. The van der Waals surface area contributed by atoms with Crippen molar-refractivity contribution in [1.29, 1.82) is 0 Å². The molecule has 1 aliphatic heterocycles. The molecule has 0 aromatic heterocycles. The van der Waals surface area contributed by atoms with Crippen molar-refractivity contribution in [3.63, 3.8) is 0 Å². The van der Waals surface area contributed by atoms with Gasteiger partial charge in [0.15, 0.2) is 0 Å². The first-order valence-corrected chi connectivity index (χ1v) is 7.51. The maximum absolute atomic E-state index is 12.2. The summed E-state index contributed by atoms with van der Waals surface area (Å²) in [5.74, 6) is 0. The van der Waals surface area contributed by atoms with Crippen molar-refractivity contribution in [2.45, 2.75) is 35.8 Å². The number of nitrogens with zero attached hydrogens (tertiary/aromatic N) is 1. The van der Waals surface area contributed by atoms with E-state index in [1.165, 1.54) is 18.6 Å². The van der Waals surface area contributed by atoms with Crippen molar-refractivity contribution >= 4 is 11.8 Å². The molecule has 2 nitrogen and oxygen atoms in total. The van der Waals surface area contributed by atoms with Gasteiger partial charge in [-0.25, -0.2) is 0 Å². The zero-order valence-corrected chi connectivity index (χ0v) is 12.2. The van der Waals surface area contributed by atoms with Crippen molar-refractivity contribution in [3.05, 3.63) is 29.8 Å². The van der Waals surface area contributed by atoms with E-state index >= 15 is 0 Å². The Morgan fingerprint density at radius 2 is 2.00 bits per heavy atom. The van der Waals surface area contributed by atoms with Crippen LogP contribution in [0.25, 0.3) is 0 Å². The molecule has 0 aliphatic carbocycles. The highest BCUT2D eigenvalue weighted by molar-refractivity contribution is 8.00. The Bertz CT molecular complexity index is 419. The average molecular weight is 304 g/mol. The lowest BCUT2D eigenvalue weighted by Gasteiger charge is -2.30. The maximum Gasteiger partial charge on any atom is 0.446 e. The molecule has 1 unspecified atom stereocenters. The van der Waals surface area contributed by atoms with E-state index in [4.69, 9.17) is 0 Å². The van der Waals surface area contributed by atoms with Crippen LogP contribution in [0.1, 0.15) is 18.4 Å². The Kier molecular flexibility index (Phi) is 5.35. The standard InChI is InChI=1S/C14H19F3N2S/c1-19-8-2-3-12(10-19)18-9-11-4-6-13(7-5-11)20-14(15,16)17/h4-7,12,18H,2-3,8-10H2,1H3. The number of nitrogens with one attached hydrogen (secondary N) is 1. The van der Waals surface area contributed by atoms with E-state index in [9.17, 15) is 13.2 Å². The predicted molar refractivity (Wildman–Crippen MR) is 75.7 cm³/mol. The van der Waals surface area contributed by atoms with Crippen LogP contribution in [0.15, 0.2) is 29.2 Å². The fourth-order valence-electron chi connectivity index (χ4n) is 2.40. The number of likely N-dealkylation sites (tertiary alicyclic amines) is 1. The molecule has 20 heavy (non-hydrogen) atoms. The lowest BCUT2D eigenvalue weighted by Crippen LogP contribution is -2.43. The molecule has 1 aliphatic rings. The quantitative estimate of drug-likeness (QED) is 0.857. The van der Waals surface area contributed by atoms with E-state index < -0.39 is 5.51 Å². The molecule has 0 spiro atoms. The maximum atomic E-state index is 12.2. The molecular formula is C14H19F3N2S. The molecule has 2 rings (SSSR count). The summed E-state index contributed by atoms with van der Waals surface area (Å²) < 4.78 is 36.6. The van der Waals surface area contributed by atoms with Crippen LogP contribution < -0.4 is 5.32 Å². The molecule has 1 N–H and O–H groups in total. The third kappa shape index (κ3) is 5.34. The number of alkyl halides is 3. The van der Waals surface area contributed by atoms with E-state index in [-0.39, 0.29) is 16.7 Å². The Morgan fingerprint density at radius 1 is 1.30 bits per heavy atom. The van der Waals surface area contributed by atoms with Gasteiger partial charge in [0.05, 0.1) is 0 Å². The van der Waals surface area contributed by atoms with Gasteiger partial charge in [-0.05, 0) is 55.9 Å². The van der Waals surface area contributed by atoms with Gasteiger partial charge < -0.3 is 10.2 Å². The molecule has 1 saturated heterocycles. The van der Waals surface area contributed by atoms with E-state index in [1.54, 1.807) is 12.1 Å². The molecule has 1 aromatic carbocycles. The highest BCUT2D eigenvalue weighted by Gasteiger charge is 2.29. The monoisotopic (exact) mass is 304 g/mol. The minimum Gasteiger partial charge on any atom is -0.309 e. The molecule has 112 valence electrons. The zero-order chi connectivity index (χ0) is 14.6. The first kappa shape index (κ1) is 15.7. The van der Waals surface area contributed by atoms with E-state index in [1.807, 2.05) is 0 Å². The van der Waals surface area contributed by atoms with Crippen LogP contribution >= 0.6 is 11.8 Å². The minimum atomic E-state index is -4.22. The number of likely N-dealkylation sites (N-methyl/N-ethyl adjacent to an activating group) is 1. The van der Waals surface area contributed by atoms with E-state index in [0.717, 1.165) is 25.1 Å². The van der Waals surface area contributed by atoms with Gasteiger partial charge in [0, 0.05) is 24.0 Å². The highest BCUT2D eigenvalue weighted by Crippen LogP contribution is 2.36. The second kappa shape index (κ2) is 6.83.